The Morgan fingerprint density at radius 3 is 2.33 bits per heavy atom. The molecule has 1 aliphatic carbocycles. The molecule has 0 spiro atoms. The normalized spacial score (nSPS) is 27.2. The zero-order chi connectivity index (χ0) is 11.1. The molecule has 2 nitrogen and oxygen atoms in total. The molecule has 1 fully saturated rings. The molecule has 0 bridgehead atoms. The van der Waals surface area contributed by atoms with E-state index >= 15 is 0 Å². The van der Waals surface area contributed by atoms with Gasteiger partial charge in [0.1, 0.15) is 0 Å². The zero-order valence-electron chi connectivity index (χ0n) is 10.4. The van der Waals surface area contributed by atoms with E-state index in [0.29, 0.717) is 6.61 Å². The van der Waals surface area contributed by atoms with Gasteiger partial charge >= 0.3 is 0 Å². The Bertz CT molecular complexity index is 153. The first-order chi connectivity index (χ1) is 7.24. The first-order valence-corrected chi connectivity index (χ1v) is 6.55. The second kappa shape index (κ2) is 7.24. The smallest absolute Gasteiger partial charge is 0.0431 e. The van der Waals surface area contributed by atoms with Crippen molar-refractivity contribution in [2.75, 3.05) is 20.2 Å². The van der Waals surface area contributed by atoms with E-state index in [1.807, 2.05) is 0 Å². The molecule has 15 heavy (non-hydrogen) atoms. The zero-order valence-corrected chi connectivity index (χ0v) is 10.4. The summed E-state index contributed by atoms with van der Waals surface area (Å²) >= 11 is 0. The van der Waals surface area contributed by atoms with Crippen LogP contribution in [0.2, 0.25) is 0 Å². The third kappa shape index (κ3) is 4.98. The number of rotatable bonds is 6. The van der Waals surface area contributed by atoms with Crippen molar-refractivity contribution in [2.45, 2.75) is 57.9 Å². The fourth-order valence-corrected chi connectivity index (χ4v) is 2.52. The van der Waals surface area contributed by atoms with Gasteiger partial charge in [0.2, 0.25) is 0 Å². The summed E-state index contributed by atoms with van der Waals surface area (Å²) in [6.07, 6.45) is 8.97. The molecule has 0 saturated heterocycles. The summed E-state index contributed by atoms with van der Waals surface area (Å²) in [4.78, 5) is 2.53. The Labute approximate surface area is 94.7 Å². The Hall–Kier alpha value is -0.0800. The average Bonchev–Trinajstić information content (AvgIpc) is 2.25. The second-order valence-electron chi connectivity index (χ2n) is 5.18. The van der Waals surface area contributed by atoms with Crippen LogP contribution in [0.15, 0.2) is 0 Å². The summed E-state index contributed by atoms with van der Waals surface area (Å²) in [5.41, 5.74) is 0. The topological polar surface area (TPSA) is 23.5 Å². The second-order valence-corrected chi connectivity index (χ2v) is 5.18. The first kappa shape index (κ1) is 13.0. The van der Waals surface area contributed by atoms with Crippen LogP contribution in [0.1, 0.15) is 51.9 Å². The number of unbranched alkanes of at least 4 members (excludes halogenated alkanes) is 2. The van der Waals surface area contributed by atoms with Gasteiger partial charge in [0, 0.05) is 12.6 Å². The van der Waals surface area contributed by atoms with E-state index in [1.165, 1.54) is 45.1 Å². The Kier molecular flexibility index (Phi) is 6.26. The van der Waals surface area contributed by atoms with Crippen LogP contribution in [0.4, 0.5) is 0 Å². The Morgan fingerprint density at radius 1 is 1.07 bits per heavy atom. The number of aliphatic hydroxyl groups is 1. The lowest BCUT2D eigenvalue weighted by Gasteiger charge is -2.33. The van der Waals surface area contributed by atoms with Crippen LogP contribution in [0, 0.1) is 5.92 Å². The molecule has 0 amide bonds. The minimum absolute atomic E-state index is 0.352. The minimum Gasteiger partial charge on any atom is -0.396 e. The van der Waals surface area contributed by atoms with Gasteiger partial charge in [-0.05, 0) is 64.5 Å². The summed E-state index contributed by atoms with van der Waals surface area (Å²) in [7, 11) is 2.26. The molecule has 0 aliphatic heterocycles. The van der Waals surface area contributed by atoms with E-state index in [0.717, 1.165) is 18.4 Å². The van der Waals surface area contributed by atoms with E-state index in [2.05, 4.69) is 18.9 Å². The average molecular weight is 213 g/mol. The van der Waals surface area contributed by atoms with Crippen molar-refractivity contribution in [1.29, 1.82) is 0 Å². The first-order valence-electron chi connectivity index (χ1n) is 6.55. The molecular weight excluding hydrogens is 186 g/mol. The van der Waals surface area contributed by atoms with Crippen LogP contribution < -0.4 is 0 Å². The van der Waals surface area contributed by atoms with Crippen LogP contribution in [0.25, 0.3) is 0 Å². The Balaban J connectivity index is 2.08. The standard InChI is InChI=1S/C13H27NO/c1-12-6-8-13(9-7-12)14(2)10-4-3-5-11-15/h12-13,15H,3-11H2,1-2H3. The molecule has 1 N–H and O–H groups in total. The van der Waals surface area contributed by atoms with Crippen molar-refractivity contribution < 1.29 is 5.11 Å². The minimum atomic E-state index is 0.352. The lowest BCUT2D eigenvalue weighted by Crippen LogP contribution is -2.35. The van der Waals surface area contributed by atoms with Gasteiger partial charge in [-0.3, -0.25) is 0 Å². The van der Waals surface area contributed by atoms with Crippen molar-refractivity contribution in [3.8, 4) is 0 Å². The molecular formula is C13H27NO. The molecule has 1 aliphatic rings. The molecule has 0 aromatic rings. The molecule has 0 unspecified atom stereocenters. The molecule has 0 heterocycles. The van der Waals surface area contributed by atoms with Gasteiger partial charge in [-0.1, -0.05) is 6.92 Å². The van der Waals surface area contributed by atoms with Crippen LogP contribution in [0.5, 0.6) is 0 Å². The van der Waals surface area contributed by atoms with Crippen molar-refractivity contribution in [3.63, 3.8) is 0 Å². The van der Waals surface area contributed by atoms with Crippen molar-refractivity contribution in [3.05, 3.63) is 0 Å². The maximum atomic E-state index is 8.70. The summed E-state index contributed by atoms with van der Waals surface area (Å²) in [5, 5.41) is 8.70. The third-order valence-electron chi connectivity index (χ3n) is 3.78. The predicted molar refractivity (Wildman–Crippen MR) is 65.0 cm³/mol. The molecule has 90 valence electrons. The Morgan fingerprint density at radius 2 is 1.73 bits per heavy atom. The van der Waals surface area contributed by atoms with E-state index < -0.39 is 0 Å². The van der Waals surface area contributed by atoms with Crippen molar-refractivity contribution >= 4 is 0 Å². The molecule has 0 aromatic heterocycles. The van der Waals surface area contributed by atoms with Crippen LogP contribution in [-0.4, -0.2) is 36.2 Å². The summed E-state index contributed by atoms with van der Waals surface area (Å²) in [6, 6.07) is 0.829. The highest BCUT2D eigenvalue weighted by Crippen LogP contribution is 2.26. The SMILES string of the molecule is CC1CCC(N(C)CCCCCO)CC1. The summed E-state index contributed by atoms with van der Waals surface area (Å²) < 4.78 is 0. The third-order valence-corrected chi connectivity index (χ3v) is 3.78. The fraction of sp³-hybridized carbons (Fsp3) is 1.00. The van der Waals surface area contributed by atoms with E-state index in [1.54, 1.807) is 0 Å². The number of aliphatic hydroxyl groups excluding tert-OH is 1. The van der Waals surface area contributed by atoms with Crippen molar-refractivity contribution in [1.82, 2.24) is 4.90 Å². The number of nitrogens with zero attached hydrogens (tertiary/aromatic N) is 1. The van der Waals surface area contributed by atoms with Crippen LogP contribution in [-0.2, 0) is 0 Å². The van der Waals surface area contributed by atoms with Gasteiger partial charge in [0.15, 0.2) is 0 Å². The van der Waals surface area contributed by atoms with E-state index in [9.17, 15) is 0 Å². The molecule has 0 radical (unpaired) electrons. The van der Waals surface area contributed by atoms with Crippen molar-refractivity contribution in [2.24, 2.45) is 5.92 Å². The molecule has 0 atom stereocenters. The van der Waals surface area contributed by atoms with Gasteiger partial charge in [-0.15, -0.1) is 0 Å². The van der Waals surface area contributed by atoms with E-state index in [4.69, 9.17) is 5.11 Å². The summed E-state index contributed by atoms with van der Waals surface area (Å²) in [5.74, 6) is 0.948. The maximum absolute atomic E-state index is 8.70. The van der Waals surface area contributed by atoms with Gasteiger partial charge in [0.25, 0.3) is 0 Å². The number of hydrogen-bond acceptors (Lipinski definition) is 2. The van der Waals surface area contributed by atoms with Gasteiger partial charge in [-0.2, -0.15) is 0 Å². The lowest BCUT2D eigenvalue weighted by molar-refractivity contribution is 0.166. The van der Waals surface area contributed by atoms with Gasteiger partial charge in [0.05, 0.1) is 0 Å². The van der Waals surface area contributed by atoms with Gasteiger partial charge < -0.3 is 10.0 Å². The highest BCUT2D eigenvalue weighted by molar-refractivity contribution is 4.76. The molecule has 0 aromatic carbocycles. The van der Waals surface area contributed by atoms with E-state index in [-0.39, 0.29) is 0 Å². The quantitative estimate of drug-likeness (QED) is 0.686. The van der Waals surface area contributed by atoms with Crippen LogP contribution >= 0.6 is 0 Å². The van der Waals surface area contributed by atoms with Crippen LogP contribution in [0.3, 0.4) is 0 Å². The highest BCUT2D eigenvalue weighted by Gasteiger charge is 2.20. The maximum Gasteiger partial charge on any atom is 0.0431 e. The monoisotopic (exact) mass is 213 g/mol. The number of hydrogen-bond donors (Lipinski definition) is 1. The lowest BCUT2D eigenvalue weighted by atomic mass is 9.87. The summed E-state index contributed by atoms with van der Waals surface area (Å²) in [6.45, 7) is 3.93. The van der Waals surface area contributed by atoms with Gasteiger partial charge in [-0.25, -0.2) is 0 Å². The fourth-order valence-electron chi connectivity index (χ4n) is 2.52. The predicted octanol–water partition coefficient (Wildman–Crippen LogP) is 2.66. The molecule has 1 saturated carbocycles. The molecule has 2 heteroatoms. The molecule has 1 rings (SSSR count). The highest BCUT2D eigenvalue weighted by atomic mass is 16.2. The largest absolute Gasteiger partial charge is 0.396 e.